The Kier molecular flexibility index (Phi) is 3.17. The van der Waals surface area contributed by atoms with Crippen molar-refractivity contribution in [3.63, 3.8) is 0 Å². The van der Waals surface area contributed by atoms with Gasteiger partial charge in [0, 0.05) is 21.5 Å². The van der Waals surface area contributed by atoms with Crippen molar-refractivity contribution >= 4 is 33.3 Å². The quantitative estimate of drug-likeness (QED) is 0.753. The lowest BCUT2D eigenvalue weighted by Crippen LogP contribution is -2.01. The molecule has 0 spiro atoms. The molecule has 1 aromatic rings. The predicted molar refractivity (Wildman–Crippen MR) is 65.6 cm³/mol. The second-order valence-corrected chi connectivity index (χ2v) is 5.41. The highest BCUT2D eigenvalue weighted by atomic mass is 79.9. The molecular formula is C12H12BrClO. The van der Waals surface area contributed by atoms with E-state index in [1.165, 1.54) is 12.8 Å². The Labute approximate surface area is 103 Å². The Bertz CT molecular complexity index is 410. The molecule has 0 amide bonds. The maximum absolute atomic E-state index is 11.9. The van der Waals surface area contributed by atoms with E-state index in [1.807, 2.05) is 13.0 Å². The van der Waals surface area contributed by atoms with Crippen molar-refractivity contribution in [2.45, 2.75) is 26.2 Å². The Morgan fingerprint density at radius 2 is 2.20 bits per heavy atom. The third-order valence-electron chi connectivity index (χ3n) is 2.72. The minimum atomic E-state index is 0.200. The number of hydrogen-bond acceptors (Lipinski definition) is 1. The minimum absolute atomic E-state index is 0.200. The fourth-order valence-electron chi connectivity index (χ4n) is 1.55. The van der Waals surface area contributed by atoms with Gasteiger partial charge in [0.25, 0.3) is 0 Å². The van der Waals surface area contributed by atoms with E-state index in [2.05, 4.69) is 15.9 Å². The van der Waals surface area contributed by atoms with E-state index >= 15 is 0 Å². The molecule has 1 aliphatic carbocycles. The Hall–Kier alpha value is -0.340. The number of benzene rings is 1. The molecule has 0 heterocycles. The van der Waals surface area contributed by atoms with Crippen molar-refractivity contribution in [2.24, 2.45) is 5.92 Å². The summed E-state index contributed by atoms with van der Waals surface area (Å²) in [6.07, 6.45) is 3.06. The summed E-state index contributed by atoms with van der Waals surface area (Å²) in [6.45, 7) is 1.93. The van der Waals surface area contributed by atoms with E-state index < -0.39 is 0 Å². The molecule has 0 aromatic heterocycles. The third kappa shape index (κ3) is 2.61. The molecule has 0 bridgehead atoms. The van der Waals surface area contributed by atoms with E-state index in [9.17, 15) is 4.79 Å². The molecule has 0 aliphatic heterocycles. The summed E-state index contributed by atoms with van der Waals surface area (Å²) in [6, 6.07) is 3.67. The molecule has 0 radical (unpaired) electrons. The molecule has 0 saturated heterocycles. The molecule has 1 nitrogen and oxygen atoms in total. The van der Waals surface area contributed by atoms with Crippen molar-refractivity contribution < 1.29 is 4.79 Å². The van der Waals surface area contributed by atoms with Crippen LogP contribution in [0.5, 0.6) is 0 Å². The van der Waals surface area contributed by atoms with Crippen molar-refractivity contribution in [3.05, 3.63) is 32.8 Å². The largest absolute Gasteiger partial charge is 0.294 e. The molecule has 2 rings (SSSR count). The molecule has 15 heavy (non-hydrogen) atoms. The number of rotatable bonds is 3. The van der Waals surface area contributed by atoms with Crippen LogP contribution >= 0.6 is 27.5 Å². The molecule has 80 valence electrons. The first-order valence-electron chi connectivity index (χ1n) is 5.07. The number of Topliss-reactive ketones (excluding diaryl/α,β-unsaturated/α-hetero) is 1. The second kappa shape index (κ2) is 4.26. The summed E-state index contributed by atoms with van der Waals surface area (Å²) in [5, 5.41) is 0.664. The van der Waals surface area contributed by atoms with Crippen LogP contribution in [0.1, 0.15) is 35.2 Å². The number of carbonyl (C=O) groups is 1. The fraction of sp³-hybridized carbons (Fsp3) is 0.417. The van der Waals surface area contributed by atoms with Gasteiger partial charge in [-0.1, -0.05) is 27.5 Å². The van der Waals surface area contributed by atoms with E-state index in [1.54, 1.807) is 6.07 Å². The van der Waals surface area contributed by atoms with Crippen LogP contribution in [0, 0.1) is 12.8 Å². The van der Waals surface area contributed by atoms with Gasteiger partial charge >= 0.3 is 0 Å². The van der Waals surface area contributed by atoms with Gasteiger partial charge < -0.3 is 0 Å². The van der Waals surface area contributed by atoms with Crippen LogP contribution in [0.4, 0.5) is 0 Å². The highest BCUT2D eigenvalue weighted by Gasteiger charge is 2.25. The van der Waals surface area contributed by atoms with Crippen molar-refractivity contribution in [2.75, 3.05) is 0 Å². The first-order chi connectivity index (χ1) is 7.08. The molecule has 0 N–H and O–H groups in total. The fourth-order valence-corrected chi connectivity index (χ4v) is 2.40. The predicted octanol–water partition coefficient (Wildman–Crippen LogP) is 4.39. The topological polar surface area (TPSA) is 17.1 Å². The van der Waals surface area contributed by atoms with Gasteiger partial charge in [-0.15, -0.1) is 0 Å². The summed E-state index contributed by atoms with van der Waals surface area (Å²) in [7, 11) is 0. The Morgan fingerprint density at radius 3 is 2.80 bits per heavy atom. The standard InChI is InChI=1S/C12H12BrClO/c1-7-4-10(13)9(6-11(7)14)12(15)5-8-2-3-8/h4,6,8H,2-3,5H2,1H3. The molecule has 1 aliphatic rings. The lowest BCUT2D eigenvalue weighted by molar-refractivity contribution is 0.0975. The van der Waals surface area contributed by atoms with Gasteiger partial charge in [0.2, 0.25) is 0 Å². The van der Waals surface area contributed by atoms with E-state index in [0.29, 0.717) is 17.4 Å². The normalized spacial score (nSPS) is 15.4. The maximum atomic E-state index is 11.9. The van der Waals surface area contributed by atoms with Crippen LogP contribution < -0.4 is 0 Å². The van der Waals surface area contributed by atoms with Gasteiger partial charge in [-0.2, -0.15) is 0 Å². The Morgan fingerprint density at radius 1 is 1.53 bits per heavy atom. The van der Waals surface area contributed by atoms with E-state index in [0.717, 1.165) is 15.6 Å². The monoisotopic (exact) mass is 286 g/mol. The highest BCUT2D eigenvalue weighted by molar-refractivity contribution is 9.10. The van der Waals surface area contributed by atoms with Gasteiger partial charge in [0.1, 0.15) is 0 Å². The summed E-state index contributed by atoms with van der Waals surface area (Å²) < 4.78 is 0.857. The average molecular weight is 288 g/mol. The first-order valence-corrected chi connectivity index (χ1v) is 6.24. The van der Waals surface area contributed by atoms with E-state index in [4.69, 9.17) is 11.6 Å². The maximum Gasteiger partial charge on any atom is 0.164 e. The number of aryl methyl sites for hydroxylation is 1. The minimum Gasteiger partial charge on any atom is -0.294 e. The van der Waals surface area contributed by atoms with Crippen LogP contribution in [-0.2, 0) is 0 Å². The number of ketones is 1. The second-order valence-electron chi connectivity index (χ2n) is 4.15. The molecule has 0 unspecified atom stereocenters. The molecule has 3 heteroatoms. The Balaban J connectivity index is 2.25. The molecular weight excluding hydrogens is 275 g/mol. The van der Waals surface area contributed by atoms with Crippen molar-refractivity contribution in [1.82, 2.24) is 0 Å². The molecule has 1 saturated carbocycles. The number of hydrogen-bond donors (Lipinski definition) is 0. The highest BCUT2D eigenvalue weighted by Crippen LogP contribution is 2.35. The zero-order valence-electron chi connectivity index (χ0n) is 8.52. The zero-order valence-corrected chi connectivity index (χ0v) is 10.9. The van der Waals surface area contributed by atoms with Gasteiger partial charge in [0.05, 0.1) is 0 Å². The third-order valence-corrected chi connectivity index (χ3v) is 3.78. The van der Waals surface area contributed by atoms with Crippen LogP contribution in [0.15, 0.2) is 16.6 Å². The lowest BCUT2D eigenvalue weighted by Gasteiger charge is -2.06. The number of carbonyl (C=O) groups excluding carboxylic acids is 1. The summed E-state index contributed by atoms with van der Waals surface area (Å²) in [5.74, 6) is 0.816. The lowest BCUT2D eigenvalue weighted by atomic mass is 10.0. The van der Waals surface area contributed by atoms with Crippen LogP contribution in [0.3, 0.4) is 0 Å². The molecule has 1 aromatic carbocycles. The van der Waals surface area contributed by atoms with E-state index in [-0.39, 0.29) is 5.78 Å². The summed E-state index contributed by atoms with van der Waals surface area (Å²) in [5.41, 5.74) is 1.71. The van der Waals surface area contributed by atoms with Gasteiger partial charge in [-0.25, -0.2) is 0 Å². The first kappa shape index (κ1) is 11.2. The number of halogens is 2. The van der Waals surface area contributed by atoms with Crippen molar-refractivity contribution in [3.8, 4) is 0 Å². The van der Waals surface area contributed by atoms with Crippen LogP contribution in [0.25, 0.3) is 0 Å². The van der Waals surface area contributed by atoms with Gasteiger partial charge in [-0.05, 0) is 43.4 Å². The average Bonchev–Trinajstić information content (AvgIpc) is 2.95. The van der Waals surface area contributed by atoms with Gasteiger partial charge in [0.15, 0.2) is 5.78 Å². The smallest absolute Gasteiger partial charge is 0.164 e. The summed E-state index contributed by atoms with van der Waals surface area (Å²) >= 11 is 9.42. The molecule has 1 fully saturated rings. The summed E-state index contributed by atoms with van der Waals surface area (Å²) in [4.78, 5) is 11.9. The zero-order chi connectivity index (χ0) is 11.0. The van der Waals surface area contributed by atoms with Crippen molar-refractivity contribution in [1.29, 1.82) is 0 Å². The van der Waals surface area contributed by atoms with Crippen LogP contribution in [0.2, 0.25) is 5.02 Å². The van der Waals surface area contributed by atoms with Gasteiger partial charge in [-0.3, -0.25) is 4.79 Å². The SMILES string of the molecule is Cc1cc(Br)c(C(=O)CC2CC2)cc1Cl. The van der Waals surface area contributed by atoms with Crippen LogP contribution in [-0.4, -0.2) is 5.78 Å². The molecule has 0 atom stereocenters.